The molecular weight excluding hydrogens is 234 g/mol. The molecule has 1 saturated heterocycles. The number of carbonyl (C=O) groups is 2. The normalized spacial score (nSPS) is 32.2. The molecule has 0 spiro atoms. The molecule has 0 aromatic heterocycles. The van der Waals surface area contributed by atoms with Crippen molar-refractivity contribution in [2.75, 3.05) is 0 Å². The first-order chi connectivity index (χ1) is 6.11. The summed E-state index contributed by atoms with van der Waals surface area (Å²) in [4.78, 5) is 22.4. The van der Waals surface area contributed by atoms with Crippen molar-refractivity contribution in [1.29, 1.82) is 0 Å². The van der Waals surface area contributed by atoms with E-state index in [0.29, 0.717) is 5.70 Å². The average molecular weight is 242 g/mol. The number of Topliss-reactive ketones (excluding diaryl/α,β-unsaturated/α-hetero) is 1. The summed E-state index contributed by atoms with van der Waals surface area (Å²) >= 11 is 3.41. The van der Waals surface area contributed by atoms with Crippen LogP contribution >= 0.6 is 15.9 Å². The number of allylic oxidation sites excluding steroid dienone is 4. The second-order valence-electron chi connectivity index (χ2n) is 3.23. The molecule has 0 saturated carbocycles. The van der Waals surface area contributed by atoms with Crippen LogP contribution in [0.1, 0.15) is 6.92 Å². The van der Waals surface area contributed by atoms with Crippen molar-refractivity contribution in [3.05, 3.63) is 23.4 Å². The van der Waals surface area contributed by atoms with Crippen LogP contribution in [-0.2, 0) is 9.59 Å². The van der Waals surface area contributed by atoms with E-state index >= 15 is 0 Å². The molecule has 0 bridgehead atoms. The summed E-state index contributed by atoms with van der Waals surface area (Å²) in [7, 11) is 0. The maximum Gasteiger partial charge on any atom is 0.292 e. The Morgan fingerprint density at radius 1 is 1.38 bits per heavy atom. The Kier molecular flexibility index (Phi) is 1.87. The summed E-state index contributed by atoms with van der Waals surface area (Å²) in [5.74, 6) is -1.18. The van der Waals surface area contributed by atoms with Crippen molar-refractivity contribution < 1.29 is 9.59 Å². The molecule has 2 rings (SSSR count). The zero-order valence-electron chi connectivity index (χ0n) is 7.00. The first-order valence-electron chi connectivity index (χ1n) is 3.99. The van der Waals surface area contributed by atoms with E-state index in [1.165, 1.54) is 0 Å². The monoisotopic (exact) mass is 241 g/mol. The molecule has 1 amide bonds. The third kappa shape index (κ3) is 1.16. The number of carbonyl (C=O) groups excluding carboxylic acids is 2. The van der Waals surface area contributed by atoms with Crippen LogP contribution < -0.4 is 5.32 Å². The first kappa shape index (κ1) is 8.69. The van der Waals surface area contributed by atoms with E-state index in [9.17, 15) is 9.59 Å². The average Bonchev–Trinajstić information content (AvgIpc) is 2.37. The lowest BCUT2D eigenvalue weighted by atomic mass is 9.91. The topological polar surface area (TPSA) is 46.2 Å². The van der Waals surface area contributed by atoms with Gasteiger partial charge in [-0.2, -0.15) is 0 Å². The van der Waals surface area contributed by atoms with Crippen molar-refractivity contribution in [1.82, 2.24) is 5.32 Å². The van der Waals surface area contributed by atoms with Gasteiger partial charge < -0.3 is 5.32 Å². The number of amides is 1. The second-order valence-corrected chi connectivity index (χ2v) is 4.22. The van der Waals surface area contributed by atoms with Gasteiger partial charge in [-0.1, -0.05) is 27.6 Å². The van der Waals surface area contributed by atoms with Crippen LogP contribution in [0, 0.1) is 5.92 Å². The van der Waals surface area contributed by atoms with Crippen LogP contribution in [0.25, 0.3) is 0 Å². The molecule has 2 aliphatic rings. The molecule has 0 radical (unpaired) electrons. The highest BCUT2D eigenvalue weighted by atomic mass is 79.9. The first-order valence-corrected chi connectivity index (χ1v) is 4.90. The quantitative estimate of drug-likeness (QED) is 0.507. The minimum atomic E-state index is -0.496. The van der Waals surface area contributed by atoms with Crippen molar-refractivity contribution >= 4 is 27.6 Å². The van der Waals surface area contributed by atoms with E-state index in [0.717, 1.165) is 5.57 Å². The number of hydrogen-bond acceptors (Lipinski definition) is 2. The standard InChI is InChI=1S/C9H8BrNO2/c1-4-2-3-5-6(7(4)10)8(12)9(13)11-5/h2-3,6-7H,1H3,(H,11,13). The molecule has 0 aromatic carbocycles. The molecule has 2 atom stereocenters. The van der Waals surface area contributed by atoms with Gasteiger partial charge in [-0.05, 0) is 13.0 Å². The predicted octanol–water partition coefficient (Wildman–Crippen LogP) is 0.909. The molecule has 1 aliphatic carbocycles. The van der Waals surface area contributed by atoms with E-state index in [-0.39, 0.29) is 16.5 Å². The smallest absolute Gasteiger partial charge is 0.292 e. The van der Waals surface area contributed by atoms with Crippen molar-refractivity contribution in [3.8, 4) is 0 Å². The van der Waals surface area contributed by atoms with Crippen LogP contribution in [0.2, 0.25) is 0 Å². The fraction of sp³-hybridized carbons (Fsp3) is 0.333. The maximum atomic E-state index is 11.4. The highest BCUT2D eigenvalue weighted by Gasteiger charge is 2.42. The molecule has 1 N–H and O–H groups in total. The molecule has 68 valence electrons. The summed E-state index contributed by atoms with van der Waals surface area (Å²) in [5, 5.41) is 2.55. The lowest BCUT2D eigenvalue weighted by Gasteiger charge is -2.20. The van der Waals surface area contributed by atoms with E-state index < -0.39 is 5.91 Å². The highest BCUT2D eigenvalue weighted by Crippen LogP contribution is 2.33. The maximum absolute atomic E-state index is 11.4. The van der Waals surface area contributed by atoms with Gasteiger partial charge in [0.1, 0.15) is 0 Å². The van der Waals surface area contributed by atoms with Gasteiger partial charge in [-0.3, -0.25) is 9.59 Å². The zero-order chi connectivity index (χ0) is 9.59. The Labute approximate surface area is 84.0 Å². The van der Waals surface area contributed by atoms with E-state index in [1.54, 1.807) is 6.08 Å². The number of rotatable bonds is 0. The molecule has 13 heavy (non-hydrogen) atoms. The summed E-state index contributed by atoms with van der Waals surface area (Å²) < 4.78 is 0. The minimum absolute atomic E-state index is 0.0426. The molecule has 4 heteroatoms. The van der Waals surface area contributed by atoms with E-state index in [1.807, 2.05) is 13.0 Å². The summed E-state index contributed by atoms with van der Waals surface area (Å²) in [6.45, 7) is 1.93. The Bertz CT molecular complexity index is 357. The third-order valence-electron chi connectivity index (χ3n) is 2.35. The molecular formula is C9H8BrNO2. The van der Waals surface area contributed by atoms with Gasteiger partial charge in [0.05, 0.1) is 10.7 Å². The van der Waals surface area contributed by atoms with Crippen molar-refractivity contribution in [3.63, 3.8) is 0 Å². The van der Waals surface area contributed by atoms with E-state index in [2.05, 4.69) is 21.2 Å². The molecule has 3 nitrogen and oxygen atoms in total. The SMILES string of the molecule is CC1=CC=C2NC(=O)C(=O)C2C1Br. The molecule has 0 aromatic rings. The third-order valence-corrected chi connectivity index (χ3v) is 3.60. The van der Waals surface area contributed by atoms with Crippen LogP contribution in [-0.4, -0.2) is 16.5 Å². The van der Waals surface area contributed by atoms with Gasteiger partial charge in [0.25, 0.3) is 5.91 Å². The zero-order valence-corrected chi connectivity index (χ0v) is 8.59. The molecule has 1 aliphatic heterocycles. The van der Waals surface area contributed by atoms with Crippen LogP contribution in [0.5, 0.6) is 0 Å². The number of hydrogen-bond donors (Lipinski definition) is 1. The second kappa shape index (κ2) is 2.80. The van der Waals surface area contributed by atoms with Gasteiger partial charge >= 0.3 is 0 Å². The Morgan fingerprint density at radius 3 is 2.77 bits per heavy atom. The van der Waals surface area contributed by atoms with Crippen molar-refractivity contribution in [2.45, 2.75) is 11.8 Å². The number of fused-ring (bicyclic) bond motifs is 1. The summed E-state index contributed by atoms with van der Waals surface area (Å²) in [6, 6.07) is 0. The predicted molar refractivity (Wildman–Crippen MR) is 51.2 cm³/mol. The summed E-state index contributed by atoms with van der Waals surface area (Å²) in [5.41, 5.74) is 1.78. The number of alkyl halides is 1. The molecule has 1 heterocycles. The van der Waals surface area contributed by atoms with Crippen LogP contribution in [0.4, 0.5) is 0 Å². The fourth-order valence-corrected chi connectivity index (χ4v) is 2.24. The van der Waals surface area contributed by atoms with Crippen LogP contribution in [0.15, 0.2) is 23.4 Å². The number of ketones is 1. The molecule has 1 fully saturated rings. The Morgan fingerprint density at radius 2 is 2.08 bits per heavy atom. The van der Waals surface area contributed by atoms with Gasteiger partial charge in [0.2, 0.25) is 5.78 Å². The fourth-order valence-electron chi connectivity index (χ4n) is 1.56. The summed E-state index contributed by atoms with van der Waals surface area (Å²) in [6.07, 6.45) is 3.70. The minimum Gasteiger partial charge on any atom is -0.322 e. The van der Waals surface area contributed by atoms with Crippen LogP contribution in [0.3, 0.4) is 0 Å². The number of halogens is 1. The Balaban J connectivity index is 2.42. The lowest BCUT2D eigenvalue weighted by molar-refractivity contribution is -0.136. The largest absolute Gasteiger partial charge is 0.322 e. The Hall–Kier alpha value is -0.900. The lowest BCUT2D eigenvalue weighted by Crippen LogP contribution is -2.25. The van der Waals surface area contributed by atoms with Gasteiger partial charge in [-0.25, -0.2) is 0 Å². The van der Waals surface area contributed by atoms with Gasteiger partial charge in [0.15, 0.2) is 0 Å². The van der Waals surface area contributed by atoms with E-state index in [4.69, 9.17) is 0 Å². The highest BCUT2D eigenvalue weighted by molar-refractivity contribution is 9.09. The van der Waals surface area contributed by atoms with Gasteiger partial charge in [-0.15, -0.1) is 0 Å². The van der Waals surface area contributed by atoms with Crippen molar-refractivity contribution in [2.24, 2.45) is 5.92 Å². The molecule has 2 unspecified atom stereocenters. The number of nitrogens with one attached hydrogen (secondary N) is 1. The van der Waals surface area contributed by atoms with Gasteiger partial charge in [0, 0.05) is 5.70 Å².